The number of nitrogens with zero attached hydrogens (tertiary/aromatic N) is 1. The van der Waals surface area contributed by atoms with Crippen LogP contribution < -0.4 is 5.32 Å². The van der Waals surface area contributed by atoms with E-state index in [1.165, 1.54) is 5.57 Å². The Hall–Kier alpha value is -2.26. The Bertz CT molecular complexity index is 1160. The van der Waals surface area contributed by atoms with E-state index in [9.17, 15) is 24.6 Å². The average Bonchev–Trinajstić information content (AvgIpc) is 3.19. The number of oxime groups is 1. The van der Waals surface area contributed by atoms with Gasteiger partial charge in [0.25, 0.3) is 5.91 Å². The Labute approximate surface area is 249 Å². The summed E-state index contributed by atoms with van der Waals surface area (Å²) in [6.07, 6.45) is 10.6. The summed E-state index contributed by atoms with van der Waals surface area (Å²) in [5.74, 6) is 0.0492. The van der Waals surface area contributed by atoms with Gasteiger partial charge in [0.1, 0.15) is 5.60 Å². The predicted molar refractivity (Wildman–Crippen MR) is 158 cm³/mol. The Balaban J connectivity index is 1.20. The number of nitrogens with one attached hydrogen (secondary N) is 1. The third kappa shape index (κ3) is 5.56. The fraction of sp³-hybridized carbons (Fsp3) is 0.818. The number of rotatable bonds is 8. The maximum absolute atomic E-state index is 12.7. The highest BCUT2D eigenvalue weighted by atomic mass is 16.6. The van der Waals surface area contributed by atoms with E-state index in [1.54, 1.807) is 6.92 Å². The summed E-state index contributed by atoms with van der Waals surface area (Å²) in [4.78, 5) is 42.2. The first-order valence-electron chi connectivity index (χ1n) is 16.0. The monoisotopic (exact) mass is 586 g/mol. The first kappa shape index (κ1) is 31.2. The first-order valence-corrected chi connectivity index (χ1v) is 16.0. The summed E-state index contributed by atoms with van der Waals surface area (Å²) < 4.78 is 5.77. The quantitative estimate of drug-likeness (QED) is 0.348. The summed E-state index contributed by atoms with van der Waals surface area (Å²) in [5, 5.41) is 28.0. The van der Waals surface area contributed by atoms with Crippen molar-refractivity contribution in [2.75, 3.05) is 13.2 Å². The van der Waals surface area contributed by atoms with Gasteiger partial charge in [0.05, 0.1) is 17.7 Å². The Kier molecular flexibility index (Phi) is 8.42. The molecule has 3 N–H and O–H groups in total. The number of hydrogen-bond acceptors (Lipinski definition) is 7. The van der Waals surface area contributed by atoms with Crippen LogP contribution in [0, 0.1) is 34.5 Å². The molecule has 8 atom stereocenters. The van der Waals surface area contributed by atoms with E-state index in [-0.39, 0.29) is 47.1 Å². The van der Waals surface area contributed by atoms with Crippen molar-refractivity contribution in [2.45, 2.75) is 122 Å². The molecule has 5 aliphatic rings. The summed E-state index contributed by atoms with van der Waals surface area (Å²) >= 11 is 0. The van der Waals surface area contributed by atoms with Gasteiger partial charge in [0, 0.05) is 18.1 Å². The molecule has 1 aliphatic heterocycles. The second-order valence-corrected chi connectivity index (χ2v) is 14.9. The van der Waals surface area contributed by atoms with Gasteiger partial charge in [-0.3, -0.25) is 14.4 Å². The van der Waals surface area contributed by atoms with Gasteiger partial charge < -0.3 is 25.1 Å². The van der Waals surface area contributed by atoms with Crippen molar-refractivity contribution in [3.63, 3.8) is 0 Å². The number of Topliss-reactive ketones (excluding diaryl/α,β-unsaturated/α-hetero) is 1. The zero-order valence-electron chi connectivity index (χ0n) is 26.0. The summed E-state index contributed by atoms with van der Waals surface area (Å²) in [7, 11) is 0. The second-order valence-electron chi connectivity index (χ2n) is 14.9. The molecule has 9 heteroatoms. The molecule has 0 radical (unpaired) electrons. The molecule has 1 saturated heterocycles. The highest BCUT2D eigenvalue weighted by Crippen LogP contribution is 2.67. The minimum absolute atomic E-state index is 0.0224. The van der Waals surface area contributed by atoms with Gasteiger partial charge in [-0.2, -0.15) is 0 Å². The van der Waals surface area contributed by atoms with Gasteiger partial charge in [0.2, 0.25) is 0 Å². The van der Waals surface area contributed by atoms with Gasteiger partial charge in [-0.1, -0.05) is 24.6 Å². The molecule has 4 fully saturated rings. The number of aliphatic carboxylic acids is 1. The van der Waals surface area contributed by atoms with E-state index in [0.717, 1.165) is 50.7 Å². The van der Waals surface area contributed by atoms with E-state index in [4.69, 9.17) is 9.57 Å². The van der Waals surface area contributed by atoms with Crippen molar-refractivity contribution in [2.24, 2.45) is 39.7 Å². The van der Waals surface area contributed by atoms with Crippen LogP contribution in [0.3, 0.4) is 0 Å². The number of amides is 1. The fourth-order valence-electron chi connectivity index (χ4n) is 9.81. The number of fused-ring (bicyclic) bond motifs is 5. The minimum Gasteiger partial charge on any atom is -0.481 e. The number of ketones is 1. The molecule has 0 aromatic carbocycles. The SMILES string of the molecule is CC(=O)[C@@]1(O)CC[C@H]2[C@@H]3CCC4=C/C(=N/OCC(=O)N[C@H](CC(=O)O)[C@@H]5CCOC(C)(C)C5)CC[C@]4(C)[C@H]3CC[C@@]21C. The molecule has 1 amide bonds. The lowest BCUT2D eigenvalue weighted by atomic mass is 9.46. The van der Waals surface area contributed by atoms with Gasteiger partial charge >= 0.3 is 5.97 Å². The first-order chi connectivity index (χ1) is 19.7. The summed E-state index contributed by atoms with van der Waals surface area (Å²) in [6, 6.07) is -0.481. The lowest BCUT2D eigenvalue weighted by Crippen LogP contribution is -2.57. The van der Waals surface area contributed by atoms with Crippen LogP contribution in [0.25, 0.3) is 0 Å². The number of allylic oxidation sites excluding steroid dienone is 2. The van der Waals surface area contributed by atoms with Crippen molar-refractivity contribution in [3.05, 3.63) is 11.6 Å². The van der Waals surface area contributed by atoms with E-state index in [2.05, 4.69) is 30.4 Å². The number of carboxylic acid groups (broad SMARTS) is 1. The van der Waals surface area contributed by atoms with Crippen LogP contribution in [-0.2, 0) is 24.0 Å². The number of ether oxygens (including phenoxy) is 1. The largest absolute Gasteiger partial charge is 0.481 e. The molecule has 9 nitrogen and oxygen atoms in total. The smallest absolute Gasteiger partial charge is 0.305 e. The average molecular weight is 587 g/mol. The summed E-state index contributed by atoms with van der Waals surface area (Å²) in [6.45, 7) is 10.4. The van der Waals surface area contributed by atoms with E-state index < -0.39 is 17.6 Å². The number of aliphatic hydroxyl groups is 1. The lowest BCUT2D eigenvalue weighted by Gasteiger charge is -2.59. The Morgan fingerprint density at radius 3 is 2.50 bits per heavy atom. The normalized spacial score (nSPS) is 40.6. The van der Waals surface area contributed by atoms with Crippen LogP contribution in [0.5, 0.6) is 0 Å². The molecular weight excluding hydrogens is 536 g/mol. The van der Waals surface area contributed by atoms with E-state index in [1.807, 2.05) is 13.8 Å². The second kappa shape index (κ2) is 11.3. The van der Waals surface area contributed by atoms with Crippen molar-refractivity contribution < 1.29 is 34.2 Å². The number of carbonyl (C=O) groups excluding carboxylic acids is 2. The highest BCUT2D eigenvalue weighted by molar-refractivity contribution is 5.96. The predicted octanol–water partition coefficient (Wildman–Crippen LogP) is 4.81. The molecule has 0 bridgehead atoms. The number of carboxylic acids is 1. The molecule has 0 unspecified atom stereocenters. The Morgan fingerprint density at radius 1 is 1.07 bits per heavy atom. The topological polar surface area (TPSA) is 135 Å². The van der Waals surface area contributed by atoms with Gasteiger partial charge in [0.15, 0.2) is 12.4 Å². The molecule has 0 spiro atoms. The molecular formula is C33H50N2O7. The maximum atomic E-state index is 12.7. The third-order valence-electron chi connectivity index (χ3n) is 12.1. The van der Waals surface area contributed by atoms with Gasteiger partial charge in [-0.15, -0.1) is 0 Å². The van der Waals surface area contributed by atoms with Gasteiger partial charge in [-0.25, -0.2) is 0 Å². The molecule has 5 rings (SSSR count). The van der Waals surface area contributed by atoms with Crippen molar-refractivity contribution in [3.8, 4) is 0 Å². The van der Waals surface area contributed by atoms with Crippen LogP contribution in [0.1, 0.15) is 105 Å². The molecule has 3 saturated carbocycles. The van der Waals surface area contributed by atoms with Crippen LogP contribution in [0.2, 0.25) is 0 Å². The fourth-order valence-corrected chi connectivity index (χ4v) is 9.81. The van der Waals surface area contributed by atoms with Crippen LogP contribution >= 0.6 is 0 Å². The van der Waals surface area contributed by atoms with Crippen LogP contribution in [0.4, 0.5) is 0 Å². The molecule has 42 heavy (non-hydrogen) atoms. The van der Waals surface area contributed by atoms with Crippen molar-refractivity contribution in [1.29, 1.82) is 0 Å². The van der Waals surface area contributed by atoms with Crippen LogP contribution in [0.15, 0.2) is 16.8 Å². The van der Waals surface area contributed by atoms with E-state index >= 15 is 0 Å². The third-order valence-corrected chi connectivity index (χ3v) is 12.1. The zero-order valence-corrected chi connectivity index (χ0v) is 26.0. The lowest BCUT2D eigenvalue weighted by molar-refractivity contribution is -0.159. The van der Waals surface area contributed by atoms with Crippen molar-refractivity contribution >= 4 is 23.4 Å². The molecule has 0 aromatic rings. The molecule has 0 aromatic heterocycles. The van der Waals surface area contributed by atoms with Gasteiger partial charge in [-0.05, 0) is 120 Å². The Morgan fingerprint density at radius 2 is 1.81 bits per heavy atom. The van der Waals surface area contributed by atoms with Crippen molar-refractivity contribution in [1.82, 2.24) is 5.32 Å². The van der Waals surface area contributed by atoms with E-state index in [0.29, 0.717) is 43.6 Å². The maximum Gasteiger partial charge on any atom is 0.305 e. The highest BCUT2D eigenvalue weighted by Gasteiger charge is 2.65. The van der Waals surface area contributed by atoms with Crippen LogP contribution in [-0.4, -0.2) is 64.0 Å². The number of carbonyl (C=O) groups is 3. The molecule has 1 heterocycles. The molecule has 4 aliphatic carbocycles. The summed E-state index contributed by atoms with van der Waals surface area (Å²) in [5.41, 5.74) is 0.437. The number of hydrogen-bond donors (Lipinski definition) is 3. The zero-order chi connectivity index (χ0) is 30.5. The standard InChI is InChI=1S/C33H50N2O7/c1-20(36)33(40)14-10-26-24-7-6-22-16-23(8-12-31(22,4)25(24)9-13-32(26,33)5)35-42-19-28(37)34-27(17-29(38)39)21-11-15-41-30(2,3)18-21/h16,21,24-27,40H,6-15,17-19H2,1-5H3,(H,34,37)(H,38,39)/b35-23+/t21-,24-,25+,26+,27-,31+,32+,33+/m1/s1. The molecule has 234 valence electrons. The minimum atomic E-state index is -1.19.